The van der Waals surface area contributed by atoms with Crippen LogP contribution in [0.25, 0.3) is 0 Å². The van der Waals surface area contributed by atoms with E-state index in [2.05, 4.69) is 4.98 Å². The number of aromatic amines is 1. The number of benzene rings is 1. The lowest BCUT2D eigenvalue weighted by molar-refractivity contribution is 0.102. The highest BCUT2D eigenvalue weighted by Crippen LogP contribution is 2.28. The number of hydrogen-bond acceptors (Lipinski definition) is 3. The van der Waals surface area contributed by atoms with Crippen molar-refractivity contribution in [2.45, 2.75) is 0 Å². The molecule has 10 heteroatoms. The molecular weight excluding hydrogens is 342 g/mol. The van der Waals surface area contributed by atoms with Crippen LogP contribution < -0.4 is 10.9 Å². The van der Waals surface area contributed by atoms with E-state index < -0.39 is 51.5 Å². The van der Waals surface area contributed by atoms with Crippen LogP contribution in [0, 0.1) is 34.6 Å². The van der Waals surface area contributed by atoms with Crippen LogP contribution in [0.1, 0.15) is 15.9 Å². The van der Waals surface area contributed by atoms with E-state index in [9.17, 15) is 27.2 Å². The summed E-state index contributed by atoms with van der Waals surface area (Å²) in [5.74, 6) is -9.25. The molecule has 0 unspecified atom stereocenters. The second-order valence-corrected chi connectivity index (χ2v) is 4.57. The van der Waals surface area contributed by atoms with Gasteiger partial charge in [0.05, 0.1) is 5.02 Å². The van der Waals surface area contributed by atoms with Gasteiger partial charge >= 0.3 is 0 Å². The number of hydrogen-bond donors (Lipinski definition) is 2. The molecule has 2 N–H and O–H groups in total. The summed E-state index contributed by atoms with van der Waals surface area (Å²) < 4.78 is 54.3. The molecule has 2 aromatic rings. The third-order valence-electron chi connectivity index (χ3n) is 2.73. The Hall–Kier alpha value is -2.86. The van der Waals surface area contributed by atoms with Crippen molar-refractivity contribution >= 4 is 23.2 Å². The Morgan fingerprint density at radius 1 is 1.17 bits per heavy atom. The maximum absolute atomic E-state index is 13.7. The van der Waals surface area contributed by atoms with Crippen LogP contribution in [0.4, 0.5) is 23.2 Å². The normalized spacial score (nSPS) is 10.3. The zero-order valence-corrected chi connectivity index (χ0v) is 11.6. The number of carbonyl (C=O) groups is 1. The number of nitriles is 1. The lowest BCUT2D eigenvalue weighted by Crippen LogP contribution is -2.24. The average Bonchev–Trinajstić information content (AvgIpc) is 2.52. The molecule has 2 rings (SSSR count). The molecule has 1 aromatic carbocycles. The van der Waals surface area contributed by atoms with Gasteiger partial charge in [0.15, 0.2) is 23.3 Å². The largest absolute Gasteiger partial charge is 0.327 e. The molecule has 0 saturated heterocycles. The number of pyridine rings is 1. The minimum atomic E-state index is -1.98. The van der Waals surface area contributed by atoms with E-state index in [1.165, 1.54) is 5.32 Å². The lowest BCUT2D eigenvalue weighted by Gasteiger charge is -2.10. The van der Waals surface area contributed by atoms with Gasteiger partial charge in [0.25, 0.3) is 11.5 Å². The van der Waals surface area contributed by atoms with Crippen molar-refractivity contribution in [1.82, 2.24) is 4.98 Å². The van der Waals surface area contributed by atoms with Gasteiger partial charge in [-0.2, -0.15) is 5.26 Å². The van der Waals surface area contributed by atoms with E-state index in [0.29, 0.717) is 0 Å². The summed E-state index contributed by atoms with van der Waals surface area (Å²) in [6, 6.07) is 1.85. The van der Waals surface area contributed by atoms with E-state index in [1.807, 2.05) is 0 Å². The third-order valence-corrected chi connectivity index (χ3v) is 2.94. The molecule has 0 aliphatic heterocycles. The lowest BCUT2D eigenvalue weighted by atomic mass is 10.1. The summed E-state index contributed by atoms with van der Waals surface area (Å²) in [6.45, 7) is 0. The molecule has 1 aromatic heterocycles. The predicted molar refractivity (Wildman–Crippen MR) is 71.0 cm³/mol. The van der Waals surface area contributed by atoms with E-state index in [0.717, 1.165) is 18.3 Å². The van der Waals surface area contributed by atoms with E-state index in [-0.39, 0.29) is 5.02 Å². The maximum atomic E-state index is 13.7. The van der Waals surface area contributed by atoms with Gasteiger partial charge in [0.1, 0.15) is 22.9 Å². The van der Waals surface area contributed by atoms with Gasteiger partial charge in [0, 0.05) is 6.20 Å². The zero-order valence-electron chi connectivity index (χ0n) is 10.8. The number of halogens is 5. The highest BCUT2D eigenvalue weighted by atomic mass is 35.5. The van der Waals surface area contributed by atoms with Crippen molar-refractivity contribution in [3.63, 3.8) is 0 Å². The van der Waals surface area contributed by atoms with Crippen molar-refractivity contribution < 1.29 is 22.4 Å². The average molecular weight is 346 g/mol. The summed E-state index contributed by atoms with van der Waals surface area (Å²) in [5, 5.41) is 9.93. The molecular formula is C13H4ClF4N3O2. The monoisotopic (exact) mass is 345 g/mol. The topological polar surface area (TPSA) is 85.8 Å². The van der Waals surface area contributed by atoms with Crippen LogP contribution in [0.5, 0.6) is 0 Å². The molecule has 1 amide bonds. The molecule has 0 aliphatic carbocycles. The fourth-order valence-corrected chi connectivity index (χ4v) is 1.81. The first-order valence-electron chi connectivity index (χ1n) is 5.73. The minimum Gasteiger partial charge on any atom is -0.327 e. The Labute approximate surface area is 130 Å². The second kappa shape index (κ2) is 6.10. The summed E-state index contributed by atoms with van der Waals surface area (Å²) in [7, 11) is 0. The molecule has 0 atom stereocenters. The van der Waals surface area contributed by atoms with Crippen LogP contribution in [0.3, 0.4) is 0 Å². The van der Waals surface area contributed by atoms with Gasteiger partial charge in [-0.15, -0.1) is 0 Å². The van der Waals surface area contributed by atoms with E-state index in [4.69, 9.17) is 16.9 Å². The Kier molecular flexibility index (Phi) is 4.38. The first-order chi connectivity index (χ1) is 10.8. The van der Waals surface area contributed by atoms with Crippen molar-refractivity contribution in [2.24, 2.45) is 0 Å². The van der Waals surface area contributed by atoms with Crippen molar-refractivity contribution in [1.29, 1.82) is 5.26 Å². The first-order valence-corrected chi connectivity index (χ1v) is 6.11. The van der Waals surface area contributed by atoms with Gasteiger partial charge < -0.3 is 10.3 Å². The number of H-pyrrole nitrogens is 1. The molecule has 0 bridgehead atoms. The van der Waals surface area contributed by atoms with Gasteiger partial charge in [-0.3, -0.25) is 9.59 Å². The van der Waals surface area contributed by atoms with E-state index >= 15 is 0 Å². The molecule has 0 aliphatic rings. The molecule has 5 nitrogen and oxygen atoms in total. The number of amides is 1. The Morgan fingerprint density at radius 3 is 2.26 bits per heavy atom. The summed E-state index contributed by atoms with van der Waals surface area (Å²) in [5.41, 5.74) is -4.52. The molecule has 0 fully saturated rings. The van der Waals surface area contributed by atoms with Gasteiger partial charge in [0.2, 0.25) is 0 Å². The third kappa shape index (κ3) is 2.89. The van der Waals surface area contributed by atoms with Gasteiger partial charge in [-0.1, -0.05) is 11.6 Å². The van der Waals surface area contributed by atoms with Crippen molar-refractivity contribution in [3.8, 4) is 6.07 Å². The summed E-state index contributed by atoms with van der Waals surface area (Å²) >= 11 is 5.56. The highest BCUT2D eigenvalue weighted by Gasteiger charge is 2.27. The minimum absolute atomic E-state index is 0.0621. The standard InChI is InChI=1S/C13H4ClF4N3O2/c14-4-1-5(12(22)20-3-4)13(23)21-11-9(17)7(15)6(2-19)8(16)10(11)18/h1,3H,(H,20,22)(H,21,23). The molecule has 1 heterocycles. The molecule has 0 saturated carbocycles. The van der Waals surface area contributed by atoms with Crippen LogP contribution in [0.2, 0.25) is 5.02 Å². The summed E-state index contributed by atoms with van der Waals surface area (Å²) in [6.07, 6.45) is 1.06. The Morgan fingerprint density at radius 2 is 1.74 bits per heavy atom. The molecule has 0 radical (unpaired) electrons. The van der Waals surface area contributed by atoms with Gasteiger partial charge in [-0.25, -0.2) is 17.6 Å². The fraction of sp³-hybridized carbons (Fsp3) is 0. The van der Waals surface area contributed by atoms with Crippen LogP contribution in [-0.2, 0) is 0 Å². The second-order valence-electron chi connectivity index (χ2n) is 4.13. The SMILES string of the molecule is N#Cc1c(F)c(F)c(NC(=O)c2cc(Cl)c[nH]c2=O)c(F)c1F. The quantitative estimate of drug-likeness (QED) is 0.648. The number of carbonyl (C=O) groups excluding carboxylic acids is 1. The van der Waals surface area contributed by atoms with Crippen LogP contribution >= 0.6 is 11.6 Å². The highest BCUT2D eigenvalue weighted by molar-refractivity contribution is 6.30. The van der Waals surface area contributed by atoms with Crippen LogP contribution in [-0.4, -0.2) is 10.9 Å². The predicted octanol–water partition coefficient (Wildman–Crippen LogP) is 2.71. The molecule has 23 heavy (non-hydrogen) atoms. The van der Waals surface area contributed by atoms with E-state index in [1.54, 1.807) is 0 Å². The number of rotatable bonds is 2. The number of anilines is 1. The smallest absolute Gasteiger partial charge is 0.261 e. The van der Waals surface area contributed by atoms with Crippen molar-refractivity contribution in [3.05, 3.63) is 62.0 Å². The molecule has 118 valence electrons. The Balaban J connectivity index is 2.53. The fourth-order valence-electron chi connectivity index (χ4n) is 1.65. The number of nitrogens with zero attached hydrogens (tertiary/aromatic N) is 1. The maximum Gasteiger partial charge on any atom is 0.261 e. The van der Waals surface area contributed by atoms with Gasteiger partial charge in [-0.05, 0) is 6.07 Å². The first kappa shape index (κ1) is 16.5. The number of aromatic nitrogens is 1. The molecule has 0 spiro atoms. The van der Waals surface area contributed by atoms with Crippen LogP contribution in [0.15, 0.2) is 17.1 Å². The zero-order chi connectivity index (χ0) is 17.3. The Bertz CT molecular complexity index is 892. The number of nitrogens with one attached hydrogen (secondary N) is 2. The summed E-state index contributed by atoms with van der Waals surface area (Å²) in [4.78, 5) is 25.4. The van der Waals surface area contributed by atoms with Crippen molar-refractivity contribution in [2.75, 3.05) is 5.32 Å².